The number of benzene rings is 1. The summed E-state index contributed by atoms with van der Waals surface area (Å²) >= 11 is 0. The van der Waals surface area contributed by atoms with E-state index in [4.69, 9.17) is 11.0 Å². The number of fused-ring (bicyclic) bond motifs is 1. The number of aromatic amines is 2. The maximum absolute atomic E-state index is 14.1. The van der Waals surface area contributed by atoms with Gasteiger partial charge in [0, 0.05) is 30.3 Å². The van der Waals surface area contributed by atoms with Gasteiger partial charge < -0.3 is 16.0 Å². The Bertz CT molecular complexity index is 1200. The van der Waals surface area contributed by atoms with E-state index in [0.717, 1.165) is 11.3 Å². The van der Waals surface area contributed by atoms with E-state index in [1.54, 1.807) is 6.20 Å². The molecule has 4 aromatic rings. The molecule has 5 N–H and O–H groups in total. The SMILES string of the molecule is Cc1n[nH]cc1-c1cc(F)cc2[nH]c(CCNc3ncnc(N)c3C#N)nc12. The third kappa shape index (κ3) is 3.09. The van der Waals surface area contributed by atoms with Crippen LogP contribution < -0.4 is 11.1 Å². The minimum atomic E-state index is -0.355. The number of H-pyrrole nitrogens is 2. The molecule has 4 rings (SSSR count). The molecular weight excluding hydrogens is 361 g/mol. The number of halogens is 1. The smallest absolute Gasteiger partial charge is 0.149 e. The summed E-state index contributed by atoms with van der Waals surface area (Å²) in [6.45, 7) is 2.30. The lowest BCUT2D eigenvalue weighted by Crippen LogP contribution is -2.10. The van der Waals surface area contributed by atoms with E-state index in [-0.39, 0.29) is 17.2 Å². The molecule has 140 valence electrons. The lowest BCUT2D eigenvalue weighted by Gasteiger charge is -2.06. The molecule has 0 atom stereocenters. The van der Waals surface area contributed by atoms with E-state index < -0.39 is 0 Å². The minimum Gasteiger partial charge on any atom is -0.382 e. The van der Waals surface area contributed by atoms with Gasteiger partial charge in [0.15, 0.2) is 0 Å². The Morgan fingerprint density at radius 3 is 2.89 bits per heavy atom. The third-order valence-electron chi connectivity index (χ3n) is 4.36. The molecule has 0 fully saturated rings. The number of aromatic nitrogens is 6. The average molecular weight is 377 g/mol. The first kappa shape index (κ1) is 17.4. The highest BCUT2D eigenvalue weighted by Gasteiger charge is 2.15. The predicted octanol–water partition coefficient (Wildman–Crippen LogP) is 2.30. The van der Waals surface area contributed by atoms with Crippen LogP contribution in [0, 0.1) is 24.1 Å². The van der Waals surface area contributed by atoms with Gasteiger partial charge in [0.25, 0.3) is 0 Å². The van der Waals surface area contributed by atoms with Crippen LogP contribution in [-0.2, 0) is 6.42 Å². The molecule has 9 nitrogen and oxygen atoms in total. The van der Waals surface area contributed by atoms with E-state index in [1.807, 2.05) is 13.0 Å². The zero-order chi connectivity index (χ0) is 19.7. The second-order valence-electron chi connectivity index (χ2n) is 6.19. The Morgan fingerprint density at radius 1 is 1.29 bits per heavy atom. The minimum absolute atomic E-state index is 0.124. The van der Waals surface area contributed by atoms with Crippen LogP contribution >= 0.6 is 0 Å². The number of anilines is 2. The van der Waals surface area contributed by atoms with Crippen LogP contribution in [0.1, 0.15) is 17.1 Å². The van der Waals surface area contributed by atoms with E-state index >= 15 is 0 Å². The molecule has 28 heavy (non-hydrogen) atoms. The third-order valence-corrected chi connectivity index (χ3v) is 4.36. The molecule has 0 amide bonds. The second-order valence-corrected chi connectivity index (χ2v) is 6.19. The highest BCUT2D eigenvalue weighted by atomic mass is 19.1. The zero-order valence-electron chi connectivity index (χ0n) is 14.9. The molecule has 0 spiro atoms. The summed E-state index contributed by atoms with van der Waals surface area (Å²) in [5.41, 5.74) is 9.40. The lowest BCUT2D eigenvalue weighted by atomic mass is 10.1. The molecular formula is C18H16FN9. The van der Waals surface area contributed by atoms with Gasteiger partial charge in [-0.15, -0.1) is 0 Å². The number of imidazole rings is 1. The van der Waals surface area contributed by atoms with Crippen LogP contribution in [0.3, 0.4) is 0 Å². The largest absolute Gasteiger partial charge is 0.382 e. The number of hydrogen-bond acceptors (Lipinski definition) is 7. The molecule has 3 heterocycles. The number of rotatable bonds is 5. The predicted molar refractivity (Wildman–Crippen MR) is 102 cm³/mol. The first-order valence-corrected chi connectivity index (χ1v) is 8.50. The van der Waals surface area contributed by atoms with Crippen LogP contribution in [0.25, 0.3) is 22.2 Å². The van der Waals surface area contributed by atoms with Crippen LogP contribution in [0.15, 0.2) is 24.7 Å². The van der Waals surface area contributed by atoms with Crippen molar-refractivity contribution in [2.75, 3.05) is 17.6 Å². The van der Waals surface area contributed by atoms with Crippen LogP contribution in [0.5, 0.6) is 0 Å². The van der Waals surface area contributed by atoms with E-state index in [9.17, 15) is 4.39 Å². The summed E-state index contributed by atoms with van der Waals surface area (Å²) in [4.78, 5) is 15.6. The molecule has 0 saturated heterocycles. The topological polar surface area (TPSA) is 145 Å². The molecule has 0 bridgehead atoms. The number of nitrogens with one attached hydrogen (secondary N) is 3. The number of nitrogen functional groups attached to an aromatic ring is 1. The number of hydrogen-bond donors (Lipinski definition) is 4. The summed E-state index contributed by atoms with van der Waals surface area (Å²) < 4.78 is 14.1. The molecule has 0 aliphatic carbocycles. The maximum Gasteiger partial charge on any atom is 0.149 e. The van der Waals surface area contributed by atoms with Crippen LogP contribution in [-0.4, -0.2) is 36.7 Å². The monoisotopic (exact) mass is 377 g/mol. The summed E-state index contributed by atoms with van der Waals surface area (Å²) in [7, 11) is 0. The number of aryl methyl sites for hydroxylation is 1. The Morgan fingerprint density at radius 2 is 2.14 bits per heavy atom. The van der Waals surface area contributed by atoms with Crippen molar-refractivity contribution in [2.45, 2.75) is 13.3 Å². The van der Waals surface area contributed by atoms with Crippen LogP contribution in [0.4, 0.5) is 16.0 Å². The number of nitrogens with zero attached hydrogens (tertiary/aromatic N) is 5. The molecule has 3 aromatic heterocycles. The Balaban J connectivity index is 1.59. The first-order valence-electron chi connectivity index (χ1n) is 8.50. The highest BCUT2D eigenvalue weighted by Crippen LogP contribution is 2.30. The van der Waals surface area contributed by atoms with Gasteiger partial charge in [0.05, 0.1) is 16.7 Å². The number of nitrogens with two attached hydrogens (primary N) is 1. The van der Waals surface area contributed by atoms with Crippen molar-refractivity contribution in [1.82, 2.24) is 30.1 Å². The summed E-state index contributed by atoms with van der Waals surface area (Å²) in [6.07, 6.45) is 3.53. The van der Waals surface area contributed by atoms with E-state index in [1.165, 1.54) is 18.5 Å². The molecule has 0 saturated carbocycles. The van der Waals surface area contributed by atoms with Gasteiger partial charge in [0.1, 0.15) is 41.2 Å². The lowest BCUT2D eigenvalue weighted by molar-refractivity contribution is 0.630. The van der Waals surface area contributed by atoms with Crippen molar-refractivity contribution in [2.24, 2.45) is 0 Å². The molecule has 1 aromatic carbocycles. The second kappa shape index (κ2) is 6.96. The van der Waals surface area contributed by atoms with E-state index in [0.29, 0.717) is 41.2 Å². The fraction of sp³-hybridized carbons (Fsp3) is 0.167. The van der Waals surface area contributed by atoms with Crippen molar-refractivity contribution in [3.05, 3.63) is 47.6 Å². The molecule has 10 heteroatoms. The molecule has 0 aliphatic heterocycles. The van der Waals surface area contributed by atoms with Gasteiger partial charge in [-0.2, -0.15) is 10.4 Å². The van der Waals surface area contributed by atoms with Gasteiger partial charge in [-0.05, 0) is 19.1 Å². The molecule has 0 unspecified atom stereocenters. The van der Waals surface area contributed by atoms with E-state index in [2.05, 4.69) is 35.5 Å². The van der Waals surface area contributed by atoms with Crippen molar-refractivity contribution < 1.29 is 4.39 Å². The van der Waals surface area contributed by atoms with Crippen LogP contribution in [0.2, 0.25) is 0 Å². The Hall–Kier alpha value is -4.00. The Kier molecular flexibility index (Phi) is 4.33. The maximum atomic E-state index is 14.1. The quantitative estimate of drug-likeness (QED) is 0.417. The summed E-state index contributed by atoms with van der Waals surface area (Å²) in [6, 6.07) is 4.85. The number of nitriles is 1. The molecule has 0 aliphatic rings. The summed E-state index contributed by atoms with van der Waals surface area (Å²) in [5, 5.41) is 19.1. The standard InChI is InChI=1S/C18H16FN9/c1-9-13(7-25-28-9)11-4-10(19)5-14-16(11)27-15(26-14)2-3-22-18-12(6-20)17(21)23-8-24-18/h4-5,7-8H,2-3H2,1H3,(H,25,28)(H,26,27)(H3,21,22,23,24). The first-order chi connectivity index (χ1) is 13.6. The average Bonchev–Trinajstić information content (AvgIpc) is 3.27. The molecule has 0 radical (unpaired) electrons. The van der Waals surface area contributed by atoms with Crippen molar-refractivity contribution in [3.63, 3.8) is 0 Å². The Labute approximate surface area is 158 Å². The fourth-order valence-corrected chi connectivity index (χ4v) is 3.03. The van der Waals surface area contributed by atoms with Gasteiger partial charge in [-0.25, -0.2) is 19.3 Å². The zero-order valence-corrected chi connectivity index (χ0v) is 14.9. The van der Waals surface area contributed by atoms with Gasteiger partial charge in [0.2, 0.25) is 0 Å². The van der Waals surface area contributed by atoms with Gasteiger partial charge in [-0.3, -0.25) is 5.10 Å². The van der Waals surface area contributed by atoms with Gasteiger partial charge >= 0.3 is 0 Å². The van der Waals surface area contributed by atoms with Gasteiger partial charge in [-0.1, -0.05) is 0 Å². The normalized spacial score (nSPS) is 10.9. The van der Waals surface area contributed by atoms with Crippen molar-refractivity contribution in [1.29, 1.82) is 5.26 Å². The van der Waals surface area contributed by atoms with Crippen molar-refractivity contribution >= 4 is 22.7 Å². The summed E-state index contributed by atoms with van der Waals surface area (Å²) in [5.74, 6) is 0.814. The fourth-order valence-electron chi connectivity index (χ4n) is 3.03. The highest BCUT2D eigenvalue weighted by molar-refractivity contribution is 5.92. The van der Waals surface area contributed by atoms with Crippen molar-refractivity contribution in [3.8, 4) is 17.2 Å².